The second-order valence-electron chi connectivity index (χ2n) is 3.75. The van der Waals surface area contributed by atoms with Crippen LogP contribution in [-0.4, -0.2) is 39.2 Å². The fraction of sp³-hybridized carbons (Fsp3) is 0.364. The number of carboxylic acid groups (broad SMARTS) is 1. The van der Waals surface area contributed by atoms with Crippen LogP contribution < -0.4 is 5.32 Å². The molecule has 0 aromatic carbocycles. The summed E-state index contributed by atoms with van der Waals surface area (Å²) in [7, 11) is 0. The maximum absolute atomic E-state index is 10.6. The number of nitrogens with one attached hydrogen (secondary N) is 1. The van der Waals surface area contributed by atoms with Gasteiger partial charge in [0, 0.05) is 19.5 Å². The SMILES string of the molecule is O=C(O)c1cn(CCNCCc2ccco2)nn1. The molecule has 2 rings (SSSR count). The Labute approximate surface area is 103 Å². The smallest absolute Gasteiger partial charge is 0.358 e. The summed E-state index contributed by atoms with van der Waals surface area (Å²) in [6.07, 6.45) is 3.89. The van der Waals surface area contributed by atoms with Gasteiger partial charge >= 0.3 is 5.97 Å². The summed E-state index contributed by atoms with van der Waals surface area (Å²) in [5.74, 6) is -0.122. The number of hydrogen-bond donors (Lipinski definition) is 2. The quantitative estimate of drug-likeness (QED) is 0.691. The summed E-state index contributed by atoms with van der Waals surface area (Å²) in [6, 6.07) is 3.79. The first-order valence-electron chi connectivity index (χ1n) is 5.62. The molecule has 0 aliphatic carbocycles. The minimum absolute atomic E-state index is 0.0365. The van der Waals surface area contributed by atoms with Crippen molar-refractivity contribution in [2.75, 3.05) is 13.1 Å². The van der Waals surface area contributed by atoms with Gasteiger partial charge in [0.25, 0.3) is 0 Å². The standard InChI is InChI=1S/C11H14N4O3/c16-11(17)10-8-15(14-13-10)6-5-12-4-3-9-2-1-7-18-9/h1-2,7-8,12H,3-6H2,(H,16,17). The van der Waals surface area contributed by atoms with Crippen molar-refractivity contribution in [2.45, 2.75) is 13.0 Å². The maximum Gasteiger partial charge on any atom is 0.358 e. The third-order valence-electron chi connectivity index (χ3n) is 2.40. The molecule has 0 saturated heterocycles. The van der Waals surface area contributed by atoms with E-state index in [1.165, 1.54) is 10.9 Å². The zero-order valence-corrected chi connectivity index (χ0v) is 9.74. The molecule has 96 valence electrons. The molecule has 0 saturated carbocycles. The summed E-state index contributed by atoms with van der Waals surface area (Å²) in [6.45, 7) is 2.08. The van der Waals surface area contributed by atoms with Crippen molar-refractivity contribution in [1.29, 1.82) is 0 Å². The summed E-state index contributed by atoms with van der Waals surface area (Å²) in [5, 5.41) is 19.1. The van der Waals surface area contributed by atoms with E-state index in [4.69, 9.17) is 9.52 Å². The Kier molecular flexibility index (Phi) is 4.08. The van der Waals surface area contributed by atoms with E-state index in [0.29, 0.717) is 13.1 Å². The molecule has 2 aromatic heterocycles. The van der Waals surface area contributed by atoms with Gasteiger partial charge in [-0.2, -0.15) is 0 Å². The van der Waals surface area contributed by atoms with Crippen LogP contribution in [0.25, 0.3) is 0 Å². The van der Waals surface area contributed by atoms with Gasteiger partial charge in [-0.15, -0.1) is 5.10 Å². The van der Waals surface area contributed by atoms with Crippen molar-refractivity contribution in [3.05, 3.63) is 36.0 Å². The van der Waals surface area contributed by atoms with Crippen LogP contribution >= 0.6 is 0 Å². The molecule has 0 amide bonds. The molecule has 0 aliphatic rings. The van der Waals surface area contributed by atoms with Crippen LogP contribution in [0.4, 0.5) is 0 Å². The number of hydrogen-bond acceptors (Lipinski definition) is 5. The van der Waals surface area contributed by atoms with Crippen LogP contribution in [0.3, 0.4) is 0 Å². The van der Waals surface area contributed by atoms with E-state index in [1.807, 2.05) is 12.1 Å². The van der Waals surface area contributed by atoms with Crippen LogP contribution in [0.15, 0.2) is 29.0 Å². The van der Waals surface area contributed by atoms with E-state index in [1.54, 1.807) is 6.26 Å². The zero-order valence-electron chi connectivity index (χ0n) is 9.74. The van der Waals surface area contributed by atoms with Crippen molar-refractivity contribution in [3.63, 3.8) is 0 Å². The van der Waals surface area contributed by atoms with Gasteiger partial charge < -0.3 is 14.8 Å². The maximum atomic E-state index is 10.6. The van der Waals surface area contributed by atoms with E-state index in [0.717, 1.165) is 18.7 Å². The lowest BCUT2D eigenvalue weighted by Crippen LogP contribution is -2.22. The Balaban J connectivity index is 1.64. The van der Waals surface area contributed by atoms with E-state index in [-0.39, 0.29) is 5.69 Å². The highest BCUT2D eigenvalue weighted by Gasteiger charge is 2.07. The lowest BCUT2D eigenvalue weighted by Gasteiger charge is -2.02. The van der Waals surface area contributed by atoms with Crippen LogP contribution in [0.5, 0.6) is 0 Å². The molecular weight excluding hydrogens is 236 g/mol. The van der Waals surface area contributed by atoms with Gasteiger partial charge in [-0.1, -0.05) is 5.21 Å². The Morgan fingerprint density at radius 2 is 2.39 bits per heavy atom. The third kappa shape index (κ3) is 3.42. The van der Waals surface area contributed by atoms with Crippen molar-refractivity contribution < 1.29 is 14.3 Å². The molecule has 0 fully saturated rings. The largest absolute Gasteiger partial charge is 0.476 e. The number of nitrogens with zero attached hydrogens (tertiary/aromatic N) is 3. The monoisotopic (exact) mass is 250 g/mol. The van der Waals surface area contributed by atoms with Crippen molar-refractivity contribution in [3.8, 4) is 0 Å². The average molecular weight is 250 g/mol. The van der Waals surface area contributed by atoms with E-state index in [2.05, 4.69) is 15.6 Å². The summed E-state index contributed by atoms with van der Waals surface area (Å²) >= 11 is 0. The summed E-state index contributed by atoms with van der Waals surface area (Å²) < 4.78 is 6.70. The fourth-order valence-corrected chi connectivity index (χ4v) is 1.49. The molecule has 2 aromatic rings. The molecular formula is C11H14N4O3. The highest BCUT2D eigenvalue weighted by atomic mass is 16.4. The van der Waals surface area contributed by atoms with Gasteiger partial charge in [-0.05, 0) is 12.1 Å². The normalized spacial score (nSPS) is 10.7. The van der Waals surface area contributed by atoms with Gasteiger partial charge in [0.2, 0.25) is 0 Å². The molecule has 7 heteroatoms. The number of aromatic carboxylic acids is 1. The Hall–Kier alpha value is -2.15. The first kappa shape index (κ1) is 12.3. The Morgan fingerprint density at radius 3 is 3.06 bits per heavy atom. The van der Waals surface area contributed by atoms with E-state index in [9.17, 15) is 4.79 Å². The second kappa shape index (κ2) is 5.97. The lowest BCUT2D eigenvalue weighted by molar-refractivity contribution is 0.0690. The molecule has 2 heterocycles. The molecule has 0 radical (unpaired) electrons. The fourth-order valence-electron chi connectivity index (χ4n) is 1.49. The van der Waals surface area contributed by atoms with Crippen LogP contribution in [0.2, 0.25) is 0 Å². The number of rotatable bonds is 7. The van der Waals surface area contributed by atoms with Gasteiger partial charge in [0.1, 0.15) is 5.76 Å². The molecule has 7 nitrogen and oxygen atoms in total. The van der Waals surface area contributed by atoms with Gasteiger partial charge in [-0.3, -0.25) is 4.68 Å². The Bertz CT molecular complexity index is 492. The van der Waals surface area contributed by atoms with Crippen molar-refractivity contribution >= 4 is 5.97 Å². The zero-order chi connectivity index (χ0) is 12.8. The first-order chi connectivity index (χ1) is 8.75. The number of aromatic nitrogens is 3. The third-order valence-corrected chi connectivity index (χ3v) is 2.40. The predicted octanol–water partition coefficient (Wildman–Crippen LogP) is 0.402. The number of carboxylic acids is 1. The molecule has 18 heavy (non-hydrogen) atoms. The second-order valence-corrected chi connectivity index (χ2v) is 3.75. The van der Waals surface area contributed by atoms with E-state index >= 15 is 0 Å². The van der Waals surface area contributed by atoms with Gasteiger partial charge in [0.05, 0.1) is 19.0 Å². The van der Waals surface area contributed by atoms with Crippen LogP contribution in [-0.2, 0) is 13.0 Å². The minimum Gasteiger partial charge on any atom is -0.476 e. The summed E-state index contributed by atoms with van der Waals surface area (Å²) in [5.41, 5.74) is -0.0365. The molecule has 0 bridgehead atoms. The topological polar surface area (TPSA) is 93.2 Å². The molecule has 0 aliphatic heterocycles. The first-order valence-corrected chi connectivity index (χ1v) is 5.62. The van der Waals surface area contributed by atoms with Crippen molar-refractivity contribution in [1.82, 2.24) is 20.3 Å². The van der Waals surface area contributed by atoms with Crippen LogP contribution in [0, 0.1) is 0 Å². The van der Waals surface area contributed by atoms with Gasteiger partial charge in [-0.25, -0.2) is 4.79 Å². The van der Waals surface area contributed by atoms with E-state index < -0.39 is 5.97 Å². The highest BCUT2D eigenvalue weighted by molar-refractivity contribution is 5.84. The number of carbonyl (C=O) groups is 1. The molecule has 2 N–H and O–H groups in total. The summed E-state index contributed by atoms with van der Waals surface area (Å²) in [4.78, 5) is 10.6. The molecule has 0 unspecified atom stereocenters. The predicted molar refractivity (Wildman–Crippen MR) is 62.3 cm³/mol. The average Bonchev–Trinajstić information content (AvgIpc) is 2.98. The van der Waals surface area contributed by atoms with Crippen molar-refractivity contribution in [2.24, 2.45) is 0 Å². The minimum atomic E-state index is -1.06. The Morgan fingerprint density at radius 1 is 1.50 bits per heavy atom. The van der Waals surface area contributed by atoms with Gasteiger partial charge in [0.15, 0.2) is 5.69 Å². The molecule has 0 spiro atoms. The van der Waals surface area contributed by atoms with Crippen LogP contribution in [0.1, 0.15) is 16.2 Å². The highest BCUT2D eigenvalue weighted by Crippen LogP contribution is 1.99. The lowest BCUT2D eigenvalue weighted by atomic mass is 10.3. The number of furan rings is 1. The molecule has 0 atom stereocenters.